The molecule has 2 aromatic rings. The number of nitrogens with zero attached hydrogens (tertiary/aromatic N) is 2. The number of rotatable bonds is 3. The van der Waals surface area contributed by atoms with Crippen molar-refractivity contribution in [2.45, 2.75) is 6.54 Å². The third kappa shape index (κ3) is 4.27. The maximum absolute atomic E-state index is 12.0. The molecule has 0 bridgehead atoms. The lowest BCUT2D eigenvalue weighted by atomic mass is 10.1. The number of benzene rings is 1. The van der Waals surface area contributed by atoms with Crippen molar-refractivity contribution in [3.63, 3.8) is 0 Å². The second-order valence-corrected chi connectivity index (χ2v) is 4.72. The number of ketones is 1. The van der Waals surface area contributed by atoms with E-state index in [1.54, 1.807) is 41.2 Å². The summed E-state index contributed by atoms with van der Waals surface area (Å²) in [6, 6.07) is 12.7. The summed E-state index contributed by atoms with van der Waals surface area (Å²) in [7, 11) is 0. The lowest BCUT2D eigenvalue weighted by molar-refractivity contribution is -0.683. The first-order chi connectivity index (χ1) is 8.69. The number of carbonyl (C=O) groups excluding carboxylic acids is 1. The molecule has 1 aromatic heterocycles. The van der Waals surface area contributed by atoms with Crippen LogP contribution in [0.25, 0.3) is 0 Å². The minimum Gasteiger partial charge on any atom is -0.287 e. The smallest absolute Gasteiger partial charge is 0.227 e. The van der Waals surface area contributed by atoms with Crippen LogP contribution < -0.4 is 4.57 Å². The van der Waals surface area contributed by atoms with Crippen LogP contribution in [0, 0.1) is 11.3 Å². The largest absolute Gasteiger partial charge is 0.287 e. The van der Waals surface area contributed by atoms with E-state index < -0.39 is 0 Å². The van der Waals surface area contributed by atoms with Gasteiger partial charge in [-0.1, -0.05) is 28.1 Å². The highest BCUT2D eigenvalue weighted by Crippen LogP contribution is 2.10. The van der Waals surface area contributed by atoms with Gasteiger partial charge in [0, 0.05) is 22.2 Å². The van der Waals surface area contributed by atoms with Crippen molar-refractivity contribution < 1.29 is 9.36 Å². The van der Waals surface area contributed by atoms with Crippen LogP contribution >= 0.6 is 32.9 Å². The van der Waals surface area contributed by atoms with E-state index in [4.69, 9.17) is 5.26 Å². The molecule has 0 aliphatic heterocycles. The molecule has 0 aliphatic carbocycles. The Morgan fingerprint density at radius 3 is 2.26 bits per heavy atom. The zero-order valence-electron chi connectivity index (χ0n) is 9.91. The molecule has 0 atom stereocenters. The maximum atomic E-state index is 12.0. The molecule has 0 amide bonds. The number of pyridine rings is 1. The molecule has 0 spiro atoms. The van der Waals surface area contributed by atoms with Crippen molar-refractivity contribution in [2.75, 3.05) is 0 Å². The minimum absolute atomic E-state index is 0. The molecule has 0 saturated carbocycles. The maximum Gasteiger partial charge on any atom is 0.227 e. The first-order valence-corrected chi connectivity index (χ1v) is 6.16. The number of aromatic nitrogens is 1. The van der Waals surface area contributed by atoms with Gasteiger partial charge in [0.25, 0.3) is 0 Å². The quantitative estimate of drug-likeness (QED) is 0.604. The highest BCUT2D eigenvalue weighted by atomic mass is 79.9. The van der Waals surface area contributed by atoms with Crippen molar-refractivity contribution in [3.05, 3.63) is 64.4 Å². The van der Waals surface area contributed by atoms with Gasteiger partial charge < -0.3 is 0 Å². The lowest BCUT2D eigenvalue weighted by Gasteiger charge is -1.98. The summed E-state index contributed by atoms with van der Waals surface area (Å²) in [5, 5.41) is 8.68. The van der Waals surface area contributed by atoms with Gasteiger partial charge in [-0.25, -0.2) is 0 Å². The van der Waals surface area contributed by atoms with Crippen LogP contribution in [0.2, 0.25) is 0 Å². The molecule has 0 unspecified atom stereocenters. The lowest BCUT2D eigenvalue weighted by Crippen LogP contribution is -2.37. The predicted molar refractivity (Wildman–Crippen MR) is 80.1 cm³/mol. The van der Waals surface area contributed by atoms with E-state index in [0.717, 1.165) is 4.47 Å². The van der Waals surface area contributed by atoms with Crippen LogP contribution in [0.4, 0.5) is 0 Å². The van der Waals surface area contributed by atoms with Gasteiger partial charge in [-0.05, 0) is 12.1 Å². The normalized spacial score (nSPS) is 9.26. The SMILES string of the molecule is Br.N#Cc1cc[n+](CC(=O)c2ccc(Br)cc2)cc1. The molecule has 0 aliphatic rings. The minimum atomic E-state index is 0. The Kier molecular flexibility index (Phi) is 5.87. The summed E-state index contributed by atoms with van der Waals surface area (Å²) in [5.74, 6) is 0.0391. The number of halogens is 2. The molecule has 96 valence electrons. The molecule has 5 heteroatoms. The van der Waals surface area contributed by atoms with Gasteiger partial charge in [0.2, 0.25) is 12.3 Å². The Morgan fingerprint density at radius 1 is 1.16 bits per heavy atom. The molecule has 0 N–H and O–H groups in total. The van der Waals surface area contributed by atoms with Crippen LogP contribution in [0.15, 0.2) is 53.3 Å². The van der Waals surface area contributed by atoms with E-state index in [1.807, 2.05) is 18.2 Å². The van der Waals surface area contributed by atoms with Gasteiger partial charge >= 0.3 is 0 Å². The fourth-order valence-corrected chi connectivity index (χ4v) is 1.79. The Morgan fingerprint density at radius 2 is 1.74 bits per heavy atom. The van der Waals surface area contributed by atoms with Crippen molar-refractivity contribution >= 4 is 38.7 Å². The molecule has 0 radical (unpaired) electrons. The molecule has 1 aromatic carbocycles. The summed E-state index contributed by atoms with van der Waals surface area (Å²) in [6.45, 7) is 0.271. The van der Waals surface area contributed by atoms with Crippen LogP contribution in [0.1, 0.15) is 15.9 Å². The summed E-state index contributed by atoms with van der Waals surface area (Å²) in [4.78, 5) is 12.0. The first kappa shape index (κ1) is 15.5. The van der Waals surface area contributed by atoms with Gasteiger partial charge in [0.05, 0.1) is 11.6 Å². The van der Waals surface area contributed by atoms with E-state index in [2.05, 4.69) is 15.9 Å². The number of hydrogen-bond acceptors (Lipinski definition) is 2. The first-order valence-electron chi connectivity index (χ1n) is 5.37. The third-order valence-corrected chi connectivity index (χ3v) is 3.04. The van der Waals surface area contributed by atoms with E-state index in [9.17, 15) is 4.79 Å². The van der Waals surface area contributed by atoms with Crippen LogP contribution in [-0.2, 0) is 6.54 Å². The Hall–Kier alpha value is -1.51. The molecule has 2 rings (SSSR count). The zero-order valence-corrected chi connectivity index (χ0v) is 13.2. The Bertz CT molecular complexity index is 601. The average Bonchev–Trinajstić information content (AvgIpc) is 2.40. The molecule has 0 fully saturated rings. The molecular formula is C14H11Br2N2O+. The summed E-state index contributed by atoms with van der Waals surface area (Å²) in [6.07, 6.45) is 3.46. The third-order valence-electron chi connectivity index (χ3n) is 2.51. The van der Waals surface area contributed by atoms with E-state index >= 15 is 0 Å². The number of Topliss-reactive ketones (excluding diaryl/α,β-unsaturated/α-hetero) is 1. The Balaban J connectivity index is 0.00000180. The van der Waals surface area contributed by atoms with Gasteiger partial charge in [0.15, 0.2) is 12.4 Å². The van der Waals surface area contributed by atoms with Crippen LogP contribution in [0.3, 0.4) is 0 Å². The molecule has 0 saturated heterocycles. The average molecular weight is 383 g/mol. The monoisotopic (exact) mass is 381 g/mol. The molecule has 19 heavy (non-hydrogen) atoms. The van der Waals surface area contributed by atoms with Gasteiger partial charge in [-0.15, -0.1) is 17.0 Å². The summed E-state index contributed by atoms with van der Waals surface area (Å²) in [5.41, 5.74) is 1.26. The molecular weight excluding hydrogens is 372 g/mol. The highest BCUT2D eigenvalue weighted by molar-refractivity contribution is 9.10. The van der Waals surface area contributed by atoms with Crippen molar-refractivity contribution in [3.8, 4) is 6.07 Å². The number of carbonyl (C=O) groups is 1. The van der Waals surface area contributed by atoms with E-state index in [-0.39, 0.29) is 29.3 Å². The van der Waals surface area contributed by atoms with Crippen molar-refractivity contribution in [1.29, 1.82) is 5.26 Å². The summed E-state index contributed by atoms with van der Waals surface area (Å²) < 4.78 is 2.70. The Labute approximate surface area is 130 Å². The second-order valence-electron chi connectivity index (χ2n) is 3.80. The highest BCUT2D eigenvalue weighted by Gasteiger charge is 2.11. The summed E-state index contributed by atoms with van der Waals surface area (Å²) >= 11 is 3.33. The van der Waals surface area contributed by atoms with Gasteiger partial charge in [-0.3, -0.25) is 4.79 Å². The predicted octanol–water partition coefficient (Wildman–Crippen LogP) is 3.07. The van der Waals surface area contributed by atoms with Crippen LogP contribution in [-0.4, -0.2) is 5.78 Å². The number of hydrogen-bond donors (Lipinski definition) is 0. The van der Waals surface area contributed by atoms with Crippen molar-refractivity contribution in [1.82, 2.24) is 0 Å². The fraction of sp³-hybridized carbons (Fsp3) is 0.0714. The van der Waals surface area contributed by atoms with Crippen molar-refractivity contribution in [2.24, 2.45) is 0 Å². The zero-order chi connectivity index (χ0) is 13.0. The standard InChI is InChI=1S/C14H10BrN2O.BrH/c15-13-3-1-12(2-4-13)14(18)10-17-7-5-11(9-16)6-8-17;/h1-8H,10H2;1H/q+1;. The topological polar surface area (TPSA) is 44.7 Å². The van der Waals surface area contributed by atoms with E-state index in [1.165, 1.54) is 0 Å². The molecule has 1 heterocycles. The van der Waals surface area contributed by atoms with E-state index in [0.29, 0.717) is 11.1 Å². The molecule has 3 nitrogen and oxygen atoms in total. The van der Waals surface area contributed by atoms with Gasteiger partial charge in [-0.2, -0.15) is 9.83 Å². The second kappa shape index (κ2) is 7.17. The van der Waals surface area contributed by atoms with Gasteiger partial charge in [0.1, 0.15) is 0 Å². The van der Waals surface area contributed by atoms with Crippen LogP contribution in [0.5, 0.6) is 0 Å². The fourth-order valence-electron chi connectivity index (χ4n) is 1.53. The number of nitriles is 1.